The van der Waals surface area contributed by atoms with E-state index < -0.39 is 0 Å². The van der Waals surface area contributed by atoms with Crippen LogP contribution in [0.4, 0.5) is 5.13 Å². The highest BCUT2D eigenvalue weighted by molar-refractivity contribution is 7.18. The number of thiazole rings is 1. The maximum Gasteiger partial charge on any atom is 0.185 e. The van der Waals surface area contributed by atoms with E-state index in [9.17, 15) is 0 Å². The Bertz CT molecular complexity index is 869. The normalized spacial score (nSPS) is 15.0. The van der Waals surface area contributed by atoms with Crippen LogP contribution in [-0.2, 0) is 6.42 Å². The Labute approximate surface area is 172 Å². The lowest BCUT2D eigenvalue weighted by Gasteiger charge is -2.31. The van der Waals surface area contributed by atoms with Gasteiger partial charge in [0.2, 0.25) is 0 Å². The molecule has 0 aliphatic carbocycles. The van der Waals surface area contributed by atoms with Crippen LogP contribution in [0.5, 0.6) is 5.75 Å². The Morgan fingerprint density at radius 1 is 1.07 bits per heavy atom. The molecule has 1 aliphatic heterocycles. The molecule has 0 spiro atoms. The van der Waals surface area contributed by atoms with Crippen LogP contribution in [0.3, 0.4) is 0 Å². The Kier molecular flexibility index (Phi) is 6.27. The molecule has 1 saturated heterocycles. The average molecular weight is 393 g/mol. The van der Waals surface area contributed by atoms with Crippen molar-refractivity contribution in [2.24, 2.45) is 5.92 Å². The van der Waals surface area contributed by atoms with E-state index in [0.717, 1.165) is 49.3 Å². The largest absolute Gasteiger partial charge is 0.494 e. The lowest BCUT2D eigenvalue weighted by molar-refractivity contribution is 0.258. The van der Waals surface area contributed by atoms with Gasteiger partial charge < -0.3 is 9.64 Å². The molecule has 0 atom stereocenters. The third kappa shape index (κ3) is 4.74. The molecule has 4 rings (SSSR count). The number of anilines is 1. The Morgan fingerprint density at radius 2 is 1.89 bits per heavy atom. The summed E-state index contributed by atoms with van der Waals surface area (Å²) in [6.07, 6.45) is 6.65. The number of hydrogen-bond acceptors (Lipinski definition) is 4. The van der Waals surface area contributed by atoms with Crippen molar-refractivity contribution in [1.82, 2.24) is 4.98 Å². The molecule has 0 radical (unpaired) electrons. The van der Waals surface area contributed by atoms with Crippen molar-refractivity contribution in [1.29, 1.82) is 0 Å². The maximum atomic E-state index is 5.99. The number of benzene rings is 2. The van der Waals surface area contributed by atoms with Gasteiger partial charge >= 0.3 is 0 Å². The molecule has 28 heavy (non-hydrogen) atoms. The summed E-state index contributed by atoms with van der Waals surface area (Å²) >= 11 is 1.80. The van der Waals surface area contributed by atoms with Crippen LogP contribution in [-0.4, -0.2) is 24.7 Å². The molecule has 2 aromatic carbocycles. The topological polar surface area (TPSA) is 25.4 Å². The van der Waals surface area contributed by atoms with Gasteiger partial charge in [-0.3, -0.25) is 0 Å². The Balaban J connectivity index is 1.24. The predicted molar refractivity (Wildman–Crippen MR) is 118 cm³/mol. The standard InChI is InChI=1S/C24H28N2OS/c1-2-19-7-6-10-22(17-19)27-16-13-20-11-14-26(15-12-20)24-25-18-23(28-24)21-8-4-3-5-9-21/h3-10,17-18,20H,2,11-16H2,1H3. The highest BCUT2D eigenvalue weighted by Gasteiger charge is 2.21. The molecule has 0 N–H and O–H groups in total. The first-order chi connectivity index (χ1) is 13.8. The summed E-state index contributed by atoms with van der Waals surface area (Å²) in [5.41, 5.74) is 2.59. The zero-order valence-corrected chi connectivity index (χ0v) is 17.3. The fourth-order valence-electron chi connectivity index (χ4n) is 3.76. The first-order valence-electron chi connectivity index (χ1n) is 10.3. The Morgan fingerprint density at radius 3 is 2.68 bits per heavy atom. The van der Waals surface area contributed by atoms with E-state index in [1.807, 2.05) is 6.20 Å². The molecule has 1 aliphatic rings. The number of rotatable bonds is 7. The Hall–Kier alpha value is -2.33. The molecule has 146 valence electrons. The van der Waals surface area contributed by atoms with Crippen molar-refractivity contribution in [3.63, 3.8) is 0 Å². The van der Waals surface area contributed by atoms with Crippen molar-refractivity contribution in [3.05, 3.63) is 66.4 Å². The molecule has 3 nitrogen and oxygen atoms in total. The summed E-state index contributed by atoms with van der Waals surface area (Å²) < 4.78 is 5.99. The second kappa shape index (κ2) is 9.24. The fraction of sp³-hybridized carbons (Fsp3) is 0.375. The molecule has 2 heterocycles. The average Bonchev–Trinajstić information content (AvgIpc) is 3.25. The van der Waals surface area contributed by atoms with Crippen molar-refractivity contribution in [3.8, 4) is 16.2 Å². The number of hydrogen-bond donors (Lipinski definition) is 0. The highest BCUT2D eigenvalue weighted by atomic mass is 32.1. The predicted octanol–water partition coefficient (Wildman–Crippen LogP) is 6.06. The summed E-state index contributed by atoms with van der Waals surface area (Å²) in [7, 11) is 0. The number of nitrogens with zero attached hydrogens (tertiary/aromatic N) is 2. The van der Waals surface area contributed by atoms with Gasteiger partial charge in [-0.15, -0.1) is 0 Å². The molecule has 1 fully saturated rings. The second-order valence-electron chi connectivity index (χ2n) is 7.44. The van der Waals surface area contributed by atoms with Crippen molar-refractivity contribution >= 4 is 16.5 Å². The first-order valence-corrected chi connectivity index (χ1v) is 11.1. The van der Waals surface area contributed by atoms with E-state index in [-0.39, 0.29) is 0 Å². The quantitative estimate of drug-likeness (QED) is 0.489. The minimum absolute atomic E-state index is 0.749. The van der Waals surface area contributed by atoms with Crippen molar-refractivity contribution < 1.29 is 4.74 Å². The minimum atomic E-state index is 0.749. The third-order valence-electron chi connectivity index (χ3n) is 5.54. The minimum Gasteiger partial charge on any atom is -0.494 e. The van der Waals surface area contributed by atoms with Crippen LogP contribution in [0.2, 0.25) is 0 Å². The van der Waals surface area contributed by atoms with Crippen LogP contribution in [0.1, 0.15) is 31.7 Å². The highest BCUT2D eigenvalue weighted by Crippen LogP contribution is 2.33. The van der Waals surface area contributed by atoms with Crippen molar-refractivity contribution in [2.45, 2.75) is 32.6 Å². The van der Waals surface area contributed by atoms with Gasteiger partial charge in [-0.25, -0.2) is 4.98 Å². The summed E-state index contributed by atoms with van der Waals surface area (Å²) in [5.74, 6) is 1.76. The van der Waals surface area contributed by atoms with E-state index in [1.54, 1.807) is 11.3 Å². The first kappa shape index (κ1) is 19.0. The maximum absolute atomic E-state index is 5.99. The van der Waals surface area contributed by atoms with E-state index in [1.165, 1.54) is 28.8 Å². The lowest BCUT2D eigenvalue weighted by Crippen LogP contribution is -2.34. The van der Waals surface area contributed by atoms with Crippen LogP contribution < -0.4 is 9.64 Å². The summed E-state index contributed by atoms with van der Waals surface area (Å²) in [4.78, 5) is 8.37. The van der Waals surface area contributed by atoms with Crippen LogP contribution in [0.15, 0.2) is 60.8 Å². The smallest absolute Gasteiger partial charge is 0.185 e. The number of piperidine rings is 1. The molecule has 0 unspecified atom stereocenters. The molecule has 3 aromatic rings. The van der Waals surface area contributed by atoms with Gasteiger partial charge in [-0.2, -0.15) is 0 Å². The molecular formula is C24H28N2OS. The molecule has 4 heteroatoms. The summed E-state index contributed by atoms with van der Waals surface area (Å²) in [6.45, 7) is 5.18. The summed E-state index contributed by atoms with van der Waals surface area (Å²) in [5, 5.41) is 1.16. The zero-order valence-electron chi connectivity index (χ0n) is 16.5. The van der Waals surface area contributed by atoms with Crippen LogP contribution >= 0.6 is 11.3 Å². The summed E-state index contributed by atoms with van der Waals surface area (Å²) in [6, 6.07) is 19.0. The molecule has 1 aromatic heterocycles. The van der Waals surface area contributed by atoms with Crippen LogP contribution in [0.25, 0.3) is 10.4 Å². The molecular weight excluding hydrogens is 364 g/mol. The monoisotopic (exact) mass is 392 g/mol. The van der Waals surface area contributed by atoms with Crippen molar-refractivity contribution in [2.75, 3.05) is 24.6 Å². The van der Waals surface area contributed by atoms with Gasteiger partial charge in [-0.05, 0) is 54.9 Å². The van der Waals surface area contributed by atoms with Gasteiger partial charge in [-0.1, -0.05) is 60.7 Å². The molecule has 0 saturated carbocycles. The van der Waals surface area contributed by atoms with E-state index >= 15 is 0 Å². The SMILES string of the molecule is CCc1cccc(OCCC2CCN(c3ncc(-c4ccccc4)s3)CC2)c1. The molecule has 0 bridgehead atoms. The lowest BCUT2D eigenvalue weighted by atomic mass is 9.94. The van der Waals surface area contributed by atoms with Gasteiger partial charge in [0.1, 0.15) is 5.75 Å². The van der Waals surface area contributed by atoms with Gasteiger partial charge in [0.15, 0.2) is 5.13 Å². The van der Waals surface area contributed by atoms with Gasteiger partial charge in [0.05, 0.1) is 11.5 Å². The third-order valence-corrected chi connectivity index (χ3v) is 6.65. The van der Waals surface area contributed by atoms with Gasteiger partial charge in [0.25, 0.3) is 0 Å². The molecule has 0 amide bonds. The van der Waals surface area contributed by atoms with E-state index in [0.29, 0.717) is 0 Å². The number of aromatic nitrogens is 1. The van der Waals surface area contributed by atoms with Crippen LogP contribution in [0, 0.1) is 5.92 Å². The van der Waals surface area contributed by atoms with Gasteiger partial charge in [0, 0.05) is 19.3 Å². The number of ether oxygens (including phenoxy) is 1. The second-order valence-corrected chi connectivity index (χ2v) is 8.45. The van der Waals surface area contributed by atoms with E-state index in [2.05, 4.69) is 71.4 Å². The zero-order chi connectivity index (χ0) is 19.2. The number of aryl methyl sites for hydroxylation is 1. The van der Waals surface area contributed by atoms with E-state index in [4.69, 9.17) is 4.74 Å². The fourth-order valence-corrected chi connectivity index (χ4v) is 4.73.